The van der Waals surface area contributed by atoms with Gasteiger partial charge in [-0.2, -0.15) is 0 Å². The first-order valence-electron chi connectivity index (χ1n) is 6.24. The minimum Gasteiger partial charge on any atom is -0.452 e. The van der Waals surface area contributed by atoms with Crippen LogP contribution in [0, 0.1) is 11.6 Å². The molecule has 0 aromatic heterocycles. The molecule has 0 atom stereocenters. The van der Waals surface area contributed by atoms with Crippen molar-refractivity contribution in [3.63, 3.8) is 0 Å². The van der Waals surface area contributed by atoms with Crippen LogP contribution in [0.4, 0.5) is 14.5 Å². The Hall–Kier alpha value is -1.99. The second-order valence-corrected chi connectivity index (χ2v) is 5.61. The van der Waals surface area contributed by atoms with Crippen molar-refractivity contribution in [2.24, 2.45) is 0 Å². The van der Waals surface area contributed by atoms with Crippen LogP contribution < -0.4 is 5.32 Å². The topological polar surface area (TPSA) is 55.4 Å². The van der Waals surface area contributed by atoms with Crippen LogP contribution in [0.15, 0.2) is 40.9 Å². The van der Waals surface area contributed by atoms with E-state index in [1.165, 1.54) is 0 Å². The summed E-state index contributed by atoms with van der Waals surface area (Å²) in [6.45, 7) is -0.602. The van der Waals surface area contributed by atoms with Gasteiger partial charge >= 0.3 is 5.97 Å². The fourth-order valence-electron chi connectivity index (χ4n) is 1.64. The molecule has 4 nitrogen and oxygen atoms in total. The van der Waals surface area contributed by atoms with Crippen LogP contribution >= 0.6 is 27.5 Å². The zero-order valence-corrected chi connectivity index (χ0v) is 13.7. The Morgan fingerprint density at radius 3 is 2.52 bits per heavy atom. The summed E-state index contributed by atoms with van der Waals surface area (Å²) in [5.41, 5.74) is 0.138. The number of carbonyl (C=O) groups is 2. The highest BCUT2D eigenvalue weighted by molar-refractivity contribution is 9.10. The Labute approximate surface area is 143 Å². The number of hydrogen-bond donors (Lipinski definition) is 1. The first-order valence-corrected chi connectivity index (χ1v) is 7.41. The van der Waals surface area contributed by atoms with Crippen molar-refractivity contribution in [3.8, 4) is 0 Å². The van der Waals surface area contributed by atoms with Crippen LogP contribution in [0.5, 0.6) is 0 Å². The summed E-state index contributed by atoms with van der Waals surface area (Å²) in [7, 11) is 0. The number of amides is 1. The van der Waals surface area contributed by atoms with E-state index < -0.39 is 30.1 Å². The van der Waals surface area contributed by atoms with Crippen molar-refractivity contribution < 1.29 is 23.1 Å². The first kappa shape index (κ1) is 17.4. The number of nitrogens with one attached hydrogen (secondary N) is 1. The molecule has 0 unspecified atom stereocenters. The van der Waals surface area contributed by atoms with Crippen molar-refractivity contribution in [2.45, 2.75) is 0 Å². The van der Waals surface area contributed by atoms with E-state index in [0.717, 1.165) is 0 Å². The highest BCUT2D eigenvalue weighted by Gasteiger charge is 2.17. The predicted molar refractivity (Wildman–Crippen MR) is 84.4 cm³/mol. The van der Waals surface area contributed by atoms with E-state index in [2.05, 4.69) is 21.2 Å². The molecule has 0 radical (unpaired) electrons. The minimum absolute atomic E-state index is 0.305. The van der Waals surface area contributed by atoms with Crippen molar-refractivity contribution in [2.75, 3.05) is 11.9 Å². The van der Waals surface area contributed by atoms with E-state index in [9.17, 15) is 18.4 Å². The zero-order valence-electron chi connectivity index (χ0n) is 11.4. The van der Waals surface area contributed by atoms with E-state index in [1.807, 2.05) is 0 Å². The average molecular weight is 405 g/mol. The number of anilines is 1. The van der Waals surface area contributed by atoms with Gasteiger partial charge < -0.3 is 10.1 Å². The number of ether oxygens (including phenoxy) is 1. The molecule has 2 aromatic rings. The number of carbonyl (C=O) groups excluding carboxylic acids is 2. The molecule has 0 heterocycles. The van der Waals surface area contributed by atoms with Crippen LogP contribution in [0.3, 0.4) is 0 Å². The summed E-state index contributed by atoms with van der Waals surface area (Å²) in [5, 5.41) is 2.22. The second-order valence-electron chi connectivity index (χ2n) is 4.35. The fraction of sp³-hybridized carbons (Fsp3) is 0.0667. The van der Waals surface area contributed by atoms with Crippen LogP contribution in [-0.2, 0) is 9.53 Å². The minimum atomic E-state index is -1.24. The fourth-order valence-corrected chi connectivity index (χ4v) is 2.25. The number of benzene rings is 2. The third-order valence-electron chi connectivity index (χ3n) is 2.71. The number of rotatable bonds is 4. The SMILES string of the molecule is O=C(COC(=O)c1cc(F)c(F)cc1Cl)Nc1ccccc1Br. The van der Waals surface area contributed by atoms with E-state index in [1.54, 1.807) is 24.3 Å². The number of esters is 1. The number of halogens is 4. The summed E-state index contributed by atoms with van der Waals surface area (Å²) in [6.07, 6.45) is 0. The molecular formula is C15H9BrClF2NO3. The van der Waals surface area contributed by atoms with Crippen LogP contribution in [-0.4, -0.2) is 18.5 Å². The molecule has 2 aromatic carbocycles. The Kier molecular flexibility index (Phi) is 5.68. The molecule has 8 heteroatoms. The number of para-hydroxylation sites is 1. The van der Waals surface area contributed by atoms with Gasteiger partial charge in [0.15, 0.2) is 18.2 Å². The van der Waals surface area contributed by atoms with Gasteiger partial charge in [0.05, 0.1) is 16.3 Å². The molecule has 120 valence electrons. The van der Waals surface area contributed by atoms with Crippen molar-refractivity contribution in [1.29, 1.82) is 0 Å². The maximum absolute atomic E-state index is 13.1. The van der Waals surface area contributed by atoms with Gasteiger partial charge in [0.25, 0.3) is 5.91 Å². The Bertz CT molecular complexity index is 770. The van der Waals surface area contributed by atoms with Crippen LogP contribution in [0.2, 0.25) is 5.02 Å². The van der Waals surface area contributed by atoms with Gasteiger partial charge in [-0.05, 0) is 40.2 Å². The molecule has 23 heavy (non-hydrogen) atoms. The standard InChI is InChI=1S/C15H9BrClF2NO3/c16-9-3-1-2-4-13(9)20-14(21)7-23-15(22)8-5-11(18)12(19)6-10(8)17/h1-6H,7H2,(H,20,21). The molecule has 0 saturated carbocycles. The van der Waals surface area contributed by atoms with E-state index >= 15 is 0 Å². The van der Waals surface area contributed by atoms with E-state index in [0.29, 0.717) is 22.3 Å². The first-order chi connectivity index (χ1) is 10.9. The average Bonchev–Trinajstić information content (AvgIpc) is 2.51. The Morgan fingerprint density at radius 2 is 1.83 bits per heavy atom. The molecule has 0 fully saturated rings. The third-order valence-corrected chi connectivity index (χ3v) is 3.72. The maximum atomic E-state index is 13.1. The third kappa shape index (κ3) is 4.49. The monoisotopic (exact) mass is 403 g/mol. The quantitative estimate of drug-likeness (QED) is 0.614. The summed E-state index contributed by atoms with van der Waals surface area (Å²) in [5.74, 6) is -4.04. The van der Waals surface area contributed by atoms with Crippen molar-refractivity contribution in [3.05, 3.63) is 63.1 Å². The van der Waals surface area contributed by atoms with Gasteiger partial charge in [-0.25, -0.2) is 13.6 Å². The highest BCUT2D eigenvalue weighted by atomic mass is 79.9. The largest absolute Gasteiger partial charge is 0.452 e. The van der Waals surface area contributed by atoms with Gasteiger partial charge in [0, 0.05) is 4.47 Å². The summed E-state index contributed by atoms with van der Waals surface area (Å²) in [4.78, 5) is 23.5. The van der Waals surface area contributed by atoms with Crippen molar-refractivity contribution in [1.82, 2.24) is 0 Å². The van der Waals surface area contributed by atoms with Gasteiger partial charge in [0.1, 0.15) is 0 Å². The van der Waals surface area contributed by atoms with Crippen molar-refractivity contribution >= 4 is 45.1 Å². The predicted octanol–water partition coefficient (Wildman–Crippen LogP) is 4.18. The molecule has 0 aliphatic rings. The molecule has 1 N–H and O–H groups in total. The molecule has 0 spiro atoms. The Balaban J connectivity index is 1.98. The van der Waals surface area contributed by atoms with E-state index in [-0.39, 0.29) is 10.6 Å². The zero-order chi connectivity index (χ0) is 17.0. The van der Waals surface area contributed by atoms with Gasteiger partial charge in [-0.15, -0.1) is 0 Å². The lowest BCUT2D eigenvalue weighted by molar-refractivity contribution is -0.119. The molecule has 0 aliphatic heterocycles. The molecule has 1 amide bonds. The summed E-state index contributed by atoms with van der Waals surface area (Å²) in [6, 6.07) is 8.14. The summed E-state index contributed by atoms with van der Waals surface area (Å²) < 4.78 is 31.5. The maximum Gasteiger partial charge on any atom is 0.340 e. The molecule has 0 aliphatic carbocycles. The smallest absolute Gasteiger partial charge is 0.340 e. The molecule has 0 bridgehead atoms. The lowest BCUT2D eigenvalue weighted by atomic mass is 10.2. The lowest BCUT2D eigenvalue weighted by Crippen LogP contribution is -2.21. The second kappa shape index (κ2) is 7.52. The normalized spacial score (nSPS) is 10.3. The van der Waals surface area contributed by atoms with Gasteiger partial charge in [-0.3, -0.25) is 4.79 Å². The molecule has 2 rings (SSSR count). The summed E-state index contributed by atoms with van der Waals surface area (Å²) >= 11 is 8.90. The lowest BCUT2D eigenvalue weighted by Gasteiger charge is -2.09. The van der Waals surface area contributed by atoms with Crippen LogP contribution in [0.25, 0.3) is 0 Å². The van der Waals surface area contributed by atoms with Crippen LogP contribution in [0.1, 0.15) is 10.4 Å². The van der Waals surface area contributed by atoms with Gasteiger partial charge in [-0.1, -0.05) is 23.7 Å². The molecular weight excluding hydrogens is 396 g/mol. The number of hydrogen-bond acceptors (Lipinski definition) is 3. The molecule has 0 saturated heterocycles. The highest BCUT2D eigenvalue weighted by Crippen LogP contribution is 2.22. The van der Waals surface area contributed by atoms with Gasteiger partial charge in [0.2, 0.25) is 0 Å². The Morgan fingerprint density at radius 1 is 1.17 bits per heavy atom. The van der Waals surface area contributed by atoms with E-state index in [4.69, 9.17) is 16.3 Å².